The van der Waals surface area contributed by atoms with Crippen molar-refractivity contribution in [3.8, 4) is 11.1 Å². The third-order valence-electron chi connectivity index (χ3n) is 8.72. The summed E-state index contributed by atoms with van der Waals surface area (Å²) in [5.74, 6) is 0. The second-order valence-electron chi connectivity index (χ2n) is 11.4. The molecule has 0 fully saturated rings. The van der Waals surface area contributed by atoms with E-state index in [4.69, 9.17) is 8.83 Å². The number of hydrogen-bond donors (Lipinski definition) is 0. The Morgan fingerprint density at radius 1 is 0.477 bits per heavy atom. The van der Waals surface area contributed by atoms with Crippen molar-refractivity contribution in [3.63, 3.8) is 0 Å². The Balaban J connectivity index is 1.29. The molecule has 44 heavy (non-hydrogen) atoms. The van der Waals surface area contributed by atoms with Crippen molar-refractivity contribution in [2.75, 3.05) is 4.90 Å². The smallest absolute Gasteiger partial charge is 0.159 e. The fraction of sp³-hybridized carbons (Fsp3) is 0.0244. The van der Waals surface area contributed by atoms with E-state index in [1.54, 1.807) is 0 Å². The number of rotatable bonds is 4. The van der Waals surface area contributed by atoms with Gasteiger partial charge in [0.05, 0.1) is 11.4 Å². The van der Waals surface area contributed by atoms with Crippen molar-refractivity contribution >= 4 is 71.7 Å². The van der Waals surface area contributed by atoms with Crippen molar-refractivity contribution in [1.82, 2.24) is 0 Å². The predicted octanol–water partition coefficient (Wildman–Crippen LogP) is 12.1. The zero-order valence-corrected chi connectivity index (χ0v) is 24.1. The lowest BCUT2D eigenvalue weighted by molar-refractivity contribution is 0.668. The van der Waals surface area contributed by atoms with E-state index in [-0.39, 0.29) is 0 Å². The van der Waals surface area contributed by atoms with Gasteiger partial charge < -0.3 is 13.7 Å². The van der Waals surface area contributed by atoms with Crippen LogP contribution >= 0.6 is 0 Å². The minimum Gasteiger partial charge on any atom is -0.456 e. The Bertz CT molecular complexity index is 2500. The first-order valence-corrected chi connectivity index (χ1v) is 14.9. The molecule has 0 atom stereocenters. The molecule has 0 aliphatic carbocycles. The molecule has 3 nitrogen and oxygen atoms in total. The molecule has 0 amide bonds. The molecule has 208 valence electrons. The quantitative estimate of drug-likeness (QED) is 0.213. The molecular formula is C41H27NO2. The van der Waals surface area contributed by atoms with Crippen LogP contribution in [0.5, 0.6) is 0 Å². The minimum atomic E-state index is 0.849. The Morgan fingerprint density at radius 3 is 2.07 bits per heavy atom. The van der Waals surface area contributed by atoms with Crippen LogP contribution in [-0.4, -0.2) is 0 Å². The van der Waals surface area contributed by atoms with Gasteiger partial charge >= 0.3 is 0 Å². The summed E-state index contributed by atoms with van der Waals surface area (Å²) in [6.07, 6.45) is 0. The fourth-order valence-corrected chi connectivity index (χ4v) is 6.62. The lowest BCUT2D eigenvalue weighted by Gasteiger charge is -2.25. The molecule has 0 aliphatic rings. The van der Waals surface area contributed by atoms with Crippen molar-refractivity contribution in [2.24, 2.45) is 0 Å². The maximum atomic E-state index is 6.84. The zero-order chi connectivity index (χ0) is 29.2. The molecule has 2 heterocycles. The first-order chi connectivity index (χ1) is 21.7. The van der Waals surface area contributed by atoms with E-state index in [1.165, 1.54) is 16.3 Å². The maximum Gasteiger partial charge on any atom is 0.159 e. The highest BCUT2D eigenvalue weighted by molar-refractivity contribution is 6.19. The first kappa shape index (κ1) is 24.8. The second kappa shape index (κ2) is 9.62. The summed E-state index contributed by atoms with van der Waals surface area (Å²) in [6, 6.07) is 51.1. The number of furan rings is 2. The zero-order valence-electron chi connectivity index (χ0n) is 24.1. The molecule has 0 radical (unpaired) electrons. The Hall–Kier alpha value is -5.80. The van der Waals surface area contributed by atoms with Crippen LogP contribution in [0.25, 0.3) is 65.8 Å². The average Bonchev–Trinajstić information content (AvgIpc) is 3.65. The van der Waals surface area contributed by atoms with Gasteiger partial charge in [0, 0.05) is 38.9 Å². The minimum absolute atomic E-state index is 0.849. The highest BCUT2D eigenvalue weighted by atomic mass is 16.3. The van der Waals surface area contributed by atoms with E-state index >= 15 is 0 Å². The van der Waals surface area contributed by atoms with Gasteiger partial charge in [-0.05, 0) is 59.7 Å². The summed E-state index contributed by atoms with van der Waals surface area (Å²) in [5.41, 5.74) is 9.95. The Morgan fingerprint density at radius 2 is 1.20 bits per heavy atom. The summed E-state index contributed by atoms with van der Waals surface area (Å²) in [6.45, 7) is 2.12. The van der Waals surface area contributed by atoms with Crippen LogP contribution in [0.3, 0.4) is 0 Å². The summed E-state index contributed by atoms with van der Waals surface area (Å²) in [5, 5.41) is 6.86. The molecule has 0 spiro atoms. The van der Waals surface area contributed by atoms with E-state index in [1.807, 2.05) is 6.07 Å². The summed E-state index contributed by atoms with van der Waals surface area (Å²) in [7, 11) is 0. The van der Waals surface area contributed by atoms with Crippen LogP contribution < -0.4 is 4.90 Å². The van der Waals surface area contributed by atoms with Gasteiger partial charge in [0.15, 0.2) is 5.58 Å². The predicted molar refractivity (Wildman–Crippen MR) is 183 cm³/mol. The van der Waals surface area contributed by atoms with Crippen LogP contribution in [0, 0.1) is 6.92 Å². The second-order valence-corrected chi connectivity index (χ2v) is 11.4. The molecule has 9 rings (SSSR count). The van der Waals surface area contributed by atoms with Gasteiger partial charge in [0.1, 0.15) is 16.7 Å². The lowest BCUT2D eigenvalue weighted by atomic mass is 10.0. The standard InChI is InChI=1S/C41H27NO2/c1-26-17-20-29(21-18-26)42(30-22-23-35-38(25-30)43-37-24-19-28-11-5-6-12-31(28)39(35)37)36-16-8-15-34-33-14-7-13-32(40(33)44-41(34)36)27-9-3-2-4-10-27/h2-25H,1H3. The monoisotopic (exact) mass is 565 g/mol. The molecule has 0 N–H and O–H groups in total. The molecule has 0 aliphatic heterocycles. The SMILES string of the molecule is Cc1ccc(N(c2ccc3c(c2)oc2ccc4ccccc4c23)c2cccc3c2oc2c(-c4ccccc4)cccc23)cc1. The molecule has 0 unspecified atom stereocenters. The van der Waals surface area contributed by atoms with Crippen molar-refractivity contribution in [1.29, 1.82) is 0 Å². The Kier molecular flexibility index (Phi) is 5.41. The normalized spacial score (nSPS) is 11.8. The highest BCUT2D eigenvalue weighted by Gasteiger charge is 2.22. The molecule has 9 aromatic rings. The van der Waals surface area contributed by atoms with Gasteiger partial charge in [-0.15, -0.1) is 0 Å². The molecule has 0 saturated heterocycles. The molecule has 2 aromatic heterocycles. The number of para-hydroxylation sites is 2. The molecule has 7 aromatic carbocycles. The highest BCUT2D eigenvalue weighted by Crippen LogP contribution is 2.45. The number of benzene rings is 7. The van der Waals surface area contributed by atoms with Crippen LogP contribution in [-0.2, 0) is 0 Å². The molecule has 3 heteroatoms. The topological polar surface area (TPSA) is 29.5 Å². The van der Waals surface area contributed by atoms with Crippen molar-refractivity contribution < 1.29 is 8.83 Å². The number of nitrogens with zero attached hydrogens (tertiary/aromatic N) is 1. The molecule has 0 saturated carbocycles. The fourth-order valence-electron chi connectivity index (χ4n) is 6.62. The Labute approximate surface area is 254 Å². The van der Waals surface area contributed by atoms with Gasteiger partial charge in [-0.1, -0.05) is 109 Å². The third kappa shape index (κ3) is 3.76. The van der Waals surface area contributed by atoms with E-state index in [2.05, 4.69) is 151 Å². The van der Waals surface area contributed by atoms with E-state index in [9.17, 15) is 0 Å². The van der Waals surface area contributed by atoms with E-state index in [0.29, 0.717) is 0 Å². The van der Waals surface area contributed by atoms with Gasteiger partial charge in [0.2, 0.25) is 0 Å². The number of fused-ring (bicyclic) bond motifs is 8. The lowest BCUT2D eigenvalue weighted by Crippen LogP contribution is -2.10. The van der Waals surface area contributed by atoms with Gasteiger partial charge in [-0.2, -0.15) is 0 Å². The first-order valence-electron chi connectivity index (χ1n) is 14.9. The van der Waals surface area contributed by atoms with E-state index in [0.717, 1.165) is 72.1 Å². The third-order valence-corrected chi connectivity index (χ3v) is 8.72. The van der Waals surface area contributed by atoms with Crippen LogP contribution in [0.15, 0.2) is 154 Å². The van der Waals surface area contributed by atoms with E-state index < -0.39 is 0 Å². The van der Waals surface area contributed by atoms with Crippen LogP contribution in [0.1, 0.15) is 5.56 Å². The van der Waals surface area contributed by atoms with Crippen molar-refractivity contribution in [3.05, 3.63) is 151 Å². The molecular weight excluding hydrogens is 538 g/mol. The maximum absolute atomic E-state index is 6.84. The van der Waals surface area contributed by atoms with Crippen molar-refractivity contribution in [2.45, 2.75) is 6.92 Å². The van der Waals surface area contributed by atoms with Gasteiger partial charge in [-0.25, -0.2) is 0 Å². The summed E-state index contributed by atoms with van der Waals surface area (Å²) < 4.78 is 13.3. The number of aryl methyl sites for hydroxylation is 1. The van der Waals surface area contributed by atoms with Crippen LogP contribution in [0.2, 0.25) is 0 Å². The van der Waals surface area contributed by atoms with Gasteiger partial charge in [-0.3, -0.25) is 0 Å². The van der Waals surface area contributed by atoms with Gasteiger partial charge in [0.25, 0.3) is 0 Å². The average molecular weight is 566 g/mol. The van der Waals surface area contributed by atoms with Crippen LogP contribution in [0.4, 0.5) is 17.1 Å². The number of hydrogen-bond acceptors (Lipinski definition) is 3. The summed E-state index contributed by atoms with van der Waals surface area (Å²) >= 11 is 0. The number of anilines is 3. The largest absolute Gasteiger partial charge is 0.456 e. The summed E-state index contributed by atoms with van der Waals surface area (Å²) in [4.78, 5) is 2.27. The molecule has 0 bridgehead atoms.